The second-order valence-electron chi connectivity index (χ2n) is 5.11. The maximum absolute atomic E-state index is 9.82. The van der Waals surface area contributed by atoms with Gasteiger partial charge in [0.05, 0.1) is 5.60 Å². The average molecular weight is 314 g/mol. The van der Waals surface area contributed by atoms with E-state index in [1.54, 1.807) is 12.4 Å². The zero-order chi connectivity index (χ0) is 14.8. The van der Waals surface area contributed by atoms with Crippen molar-refractivity contribution in [1.82, 2.24) is 9.97 Å². The number of anilines is 1. The van der Waals surface area contributed by atoms with Crippen molar-refractivity contribution < 1.29 is 9.84 Å². The number of nitrogens with zero attached hydrogens (tertiary/aromatic N) is 2. The SMILES string of the molecule is CC(C)(C)OC(O)Nc1sc(-c2cccnc2)nc1Cl. The van der Waals surface area contributed by atoms with Crippen molar-refractivity contribution in [2.75, 3.05) is 5.32 Å². The largest absolute Gasteiger partial charge is 0.351 e. The normalized spacial score (nSPS) is 13.2. The topological polar surface area (TPSA) is 67.3 Å². The van der Waals surface area contributed by atoms with E-state index in [9.17, 15) is 5.11 Å². The molecular formula is C13H16ClN3O2S. The van der Waals surface area contributed by atoms with Gasteiger partial charge in [-0.05, 0) is 32.9 Å². The lowest BCUT2D eigenvalue weighted by molar-refractivity contribution is -0.148. The van der Waals surface area contributed by atoms with Gasteiger partial charge in [-0.3, -0.25) is 4.98 Å². The van der Waals surface area contributed by atoms with Gasteiger partial charge in [-0.1, -0.05) is 22.9 Å². The summed E-state index contributed by atoms with van der Waals surface area (Å²) in [6.07, 6.45) is 2.26. The van der Waals surface area contributed by atoms with Crippen molar-refractivity contribution in [2.24, 2.45) is 0 Å². The lowest BCUT2D eigenvalue weighted by Gasteiger charge is -2.24. The summed E-state index contributed by atoms with van der Waals surface area (Å²) in [5, 5.41) is 14.2. The van der Waals surface area contributed by atoms with E-state index in [1.165, 1.54) is 11.3 Å². The molecule has 0 fully saturated rings. The van der Waals surface area contributed by atoms with Gasteiger partial charge in [0.25, 0.3) is 0 Å². The fraction of sp³-hybridized carbons (Fsp3) is 0.385. The first-order valence-corrected chi connectivity index (χ1v) is 7.24. The van der Waals surface area contributed by atoms with Crippen LogP contribution < -0.4 is 5.32 Å². The van der Waals surface area contributed by atoms with E-state index < -0.39 is 12.0 Å². The lowest BCUT2D eigenvalue weighted by Crippen LogP contribution is -2.32. The van der Waals surface area contributed by atoms with Gasteiger partial charge in [-0.2, -0.15) is 0 Å². The average Bonchev–Trinajstić information content (AvgIpc) is 2.70. The van der Waals surface area contributed by atoms with E-state index in [0.717, 1.165) is 10.6 Å². The van der Waals surface area contributed by atoms with Crippen LogP contribution in [0.1, 0.15) is 20.8 Å². The molecule has 0 bridgehead atoms. The minimum absolute atomic E-state index is 0.297. The smallest absolute Gasteiger partial charge is 0.236 e. The summed E-state index contributed by atoms with van der Waals surface area (Å²) in [5.41, 5.74) is 0.411. The van der Waals surface area contributed by atoms with Crippen LogP contribution >= 0.6 is 22.9 Å². The van der Waals surface area contributed by atoms with E-state index in [0.29, 0.717) is 10.2 Å². The number of aliphatic hydroxyl groups is 1. The maximum atomic E-state index is 9.82. The molecule has 7 heteroatoms. The van der Waals surface area contributed by atoms with E-state index in [4.69, 9.17) is 16.3 Å². The number of hydrogen-bond acceptors (Lipinski definition) is 6. The van der Waals surface area contributed by atoms with Gasteiger partial charge in [0.1, 0.15) is 10.0 Å². The van der Waals surface area contributed by atoms with Gasteiger partial charge >= 0.3 is 0 Å². The summed E-state index contributed by atoms with van der Waals surface area (Å²) >= 11 is 7.39. The molecule has 108 valence electrons. The second-order valence-corrected chi connectivity index (χ2v) is 6.46. The van der Waals surface area contributed by atoms with Crippen LogP contribution in [0.25, 0.3) is 10.6 Å². The number of halogens is 1. The van der Waals surface area contributed by atoms with Gasteiger partial charge in [0.15, 0.2) is 5.15 Å². The molecule has 0 aliphatic rings. The van der Waals surface area contributed by atoms with Crippen LogP contribution in [0.3, 0.4) is 0 Å². The Morgan fingerprint density at radius 3 is 2.80 bits per heavy atom. The summed E-state index contributed by atoms with van der Waals surface area (Å²) in [7, 11) is 0. The minimum Gasteiger partial charge on any atom is -0.351 e. The Morgan fingerprint density at radius 1 is 1.45 bits per heavy atom. The summed E-state index contributed by atoms with van der Waals surface area (Å²) in [6.45, 7) is 5.56. The number of thiazole rings is 1. The molecule has 0 amide bonds. The number of hydrogen-bond donors (Lipinski definition) is 2. The fourth-order valence-corrected chi connectivity index (χ4v) is 2.64. The molecule has 0 saturated heterocycles. The van der Waals surface area contributed by atoms with Gasteiger partial charge in [-0.15, -0.1) is 0 Å². The highest BCUT2D eigenvalue weighted by atomic mass is 35.5. The molecule has 0 aromatic carbocycles. The van der Waals surface area contributed by atoms with Crippen molar-refractivity contribution >= 4 is 27.9 Å². The Hall–Kier alpha value is -1.21. The van der Waals surface area contributed by atoms with Crippen molar-refractivity contribution in [3.05, 3.63) is 29.7 Å². The minimum atomic E-state index is -1.14. The molecule has 2 N–H and O–H groups in total. The van der Waals surface area contributed by atoms with Gasteiger partial charge in [0.2, 0.25) is 6.41 Å². The number of aliphatic hydroxyl groups excluding tert-OH is 1. The molecule has 2 rings (SSSR count). The third-order valence-electron chi connectivity index (χ3n) is 2.21. The standard InChI is InChI=1S/C13H16ClN3O2S/c1-13(2,3)19-12(18)17-11-9(14)16-10(20-11)8-5-4-6-15-7-8/h4-7,12,17-18H,1-3H3. The number of nitrogens with one attached hydrogen (secondary N) is 1. The van der Waals surface area contributed by atoms with Crippen molar-refractivity contribution in [1.29, 1.82) is 0 Å². The van der Waals surface area contributed by atoms with Gasteiger partial charge in [-0.25, -0.2) is 4.98 Å². The molecule has 0 aliphatic carbocycles. The highest BCUT2D eigenvalue weighted by molar-refractivity contribution is 7.19. The van der Waals surface area contributed by atoms with Crippen LogP contribution in [-0.4, -0.2) is 27.1 Å². The number of aromatic nitrogens is 2. The molecule has 0 aliphatic heterocycles. The Balaban J connectivity index is 2.12. The molecule has 0 spiro atoms. The quantitative estimate of drug-likeness (QED) is 0.847. The molecule has 0 saturated carbocycles. The third-order valence-corrected chi connectivity index (χ3v) is 3.64. The number of ether oxygens (including phenoxy) is 1. The molecular weight excluding hydrogens is 298 g/mol. The predicted molar refractivity (Wildman–Crippen MR) is 80.8 cm³/mol. The Bertz CT molecular complexity index is 569. The third kappa shape index (κ3) is 4.14. The van der Waals surface area contributed by atoms with Crippen LogP contribution in [0, 0.1) is 0 Å². The molecule has 20 heavy (non-hydrogen) atoms. The van der Waals surface area contributed by atoms with Crippen molar-refractivity contribution in [3.63, 3.8) is 0 Å². The van der Waals surface area contributed by atoms with Crippen LogP contribution in [0.4, 0.5) is 5.00 Å². The lowest BCUT2D eigenvalue weighted by atomic mass is 10.2. The van der Waals surface area contributed by atoms with E-state index in [-0.39, 0.29) is 0 Å². The highest BCUT2D eigenvalue weighted by Gasteiger charge is 2.19. The van der Waals surface area contributed by atoms with Crippen LogP contribution in [0.15, 0.2) is 24.5 Å². The summed E-state index contributed by atoms with van der Waals surface area (Å²) in [4.78, 5) is 8.28. The molecule has 2 aromatic heterocycles. The van der Waals surface area contributed by atoms with Crippen LogP contribution in [0.5, 0.6) is 0 Å². The number of pyridine rings is 1. The van der Waals surface area contributed by atoms with Gasteiger partial charge in [0, 0.05) is 18.0 Å². The first kappa shape index (κ1) is 15.2. The van der Waals surface area contributed by atoms with E-state index >= 15 is 0 Å². The Morgan fingerprint density at radius 2 is 2.20 bits per heavy atom. The Kier molecular flexibility index (Phi) is 4.59. The second kappa shape index (κ2) is 6.05. The fourth-order valence-electron chi connectivity index (χ4n) is 1.48. The van der Waals surface area contributed by atoms with E-state index in [1.807, 2.05) is 32.9 Å². The molecule has 0 radical (unpaired) electrons. The first-order chi connectivity index (χ1) is 9.35. The summed E-state index contributed by atoms with van der Waals surface area (Å²) in [5.74, 6) is 0. The molecule has 1 unspecified atom stereocenters. The predicted octanol–water partition coefficient (Wildman–Crippen LogP) is 3.36. The zero-order valence-corrected chi connectivity index (χ0v) is 13.0. The highest BCUT2D eigenvalue weighted by Crippen LogP contribution is 2.35. The monoisotopic (exact) mass is 313 g/mol. The molecule has 2 aromatic rings. The van der Waals surface area contributed by atoms with Crippen molar-refractivity contribution in [3.8, 4) is 10.6 Å². The Labute approximate surface area is 126 Å². The summed E-state index contributed by atoms with van der Waals surface area (Å²) < 4.78 is 5.36. The summed E-state index contributed by atoms with van der Waals surface area (Å²) in [6, 6.07) is 3.73. The number of rotatable bonds is 4. The zero-order valence-electron chi connectivity index (χ0n) is 11.4. The first-order valence-electron chi connectivity index (χ1n) is 6.04. The van der Waals surface area contributed by atoms with Crippen molar-refractivity contribution in [2.45, 2.75) is 32.8 Å². The van der Waals surface area contributed by atoms with E-state index in [2.05, 4.69) is 15.3 Å². The molecule has 1 atom stereocenters. The van der Waals surface area contributed by atoms with Crippen LogP contribution in [-0.2, 0) is 4.74 Å². The molecule has 5 nitrogen and oxygen atoms in total. The van der Waals surface area contributed by atoms with Gasteiger partial charge < -0.3 is 15.2 Å². The molecule has 2 heterocycles. The van der Waals surface area contributed by atoms with Crippen LogP contribution in [0.2, 0.25) is 5.15 Å². The maximum Gasteiger partial charge on any atom is 0.236 e.